The number of aromatic nitrogens is 2. The van der Waals surface area contributed by atoms with E-state index in [1.807, 2.05) is 10.9 Å². The molecule has 1 aliphatic carbocycles. The standard InChI is InChI=1S/C15H27N3/c1-4-12-6-7-14(8-12)15(16-3)9-13-10-17-18(5-2)11-13/h10-12,14-16H,4-9H2,1-3H3. The highest BCUT2D eigenvalue weighted by Gasteiger charge is 2.29. The van der Waals surface area contributed by atoms with E-state index in [1.54, 1.807) is 0 Å². The molecule has 1 aromatic heterocycles. The molecule has 1 aromatic rings. The van der Waals surface area contributed by atoms with Gasteiger partial charge in [0.05, 0.1) is 6.20 Å². The van der Waals surface area contributed by atoms with Crippen LogP contribution < -0.4 is 5.32 Å². The SMILES string of the molecule is CCC1CCC(C(Cc2cnn(CC)c2)NC)C1. The van der Waals surface area contributed by atoms with Crippen LogP contribution in [-0.2, 0) is 13.0 Å². The van der Waals surface area contributed by atoms with E-state index in [4.69, 9.17) is 0 Å². The summed E-state index contributed by atoms with van der Waals surface area (Å²) in [6.45, 7) is 5.42. The van der Waals surface area contributed by atoms with Gasteiger partial charge in [-0.25, -0.2) is 0 Å². The number of likely N-dealkylation sites (N-methyl/N-ethyl adjacent to an activating group) is 1. The van der Waals surface area contributed by atoms with Crippen LogP contribution in [0.25, 0.3) is 0 Å². The van der Waals surface area contributed by atoms with Crippen LogP contribution in [-0.4, -0.2) is 22.9 Å². The number of hydrogen-bond acceptors (Lipinski definition) is 2. The Kier molecular flexibility index (Phi) is 4.81. The Hall–Kier alpha value is -0.830. The van der Waals surface area contributed by atoms with E-state index in [1.165, 1.54) is 31.2 Å². The fraction of sp³-hybridized carbons (Fsp3) is 0.800. The molecule has 1 aliphatic rings. The molecular weight excluding hydrogens is 222 g/mol. The fourth-order valence-electron chi connectivity index (χ4n) is 3.29. The normalized spacial score (nSPS) is 25.5. The topological polar surface area (TPSA) is 29.9 Å². The maximum absolute atomic E-state index is 4.37. The Morgan fingerprint density at radius 3 is 2.83 bits per heavy atom. The van der Waals surface area contributed by atoms with Crippen LogP contribution in [0.3, 0.4) is 0 Å². The van der Waals surface area contributed by atoms with E-state index in [0.717, 1.165) is 24.8 Å². The van der Waals surface area contributed by atoms with E-state index in [-0.39, 0.29) is 0 Å². The summed E-state index contributed by atoms with van der Waals surface area (Å²) < 4.78 is 2.02. The molecule has 1 saturated carbocycles. The lowest BCUT2D eigenvalue weighted by Gasteiger charge is -2.22. The van der Waals surface area contributed by atoms with Gasteiger partial charge in [0.2, 0.25) is 0 Å². The molecule has 3 atom stereocenters. The lowest BCUT2D eigenvalue weighted by atomic mass is 9.92. The molecule has 0 aliphatic heterocycles. The van der Waals surface area contributed by atoms with Gasteiger partial charge < -0.3 is 5.32 Å². The first kappa shape index (κ1) is 13.6. The van der Waals surface area contributed by atoms with Crippen LogP contribution in [0.15, 0.2) is 12.4 Å². The summed E-state index contributed by atoms with van der Waals surface area (Å²) in [5.41, 5.74) is 1.37. The van der Waals surface area contributed by atoms with Crippen LogP contribution in [0.2, 0.25) is 0 Å². The molecule has 0 saturated heterocycles. The second-order valence-corrected chi connectivity index (χ2v) is 5.65. The Labute approximate surface area is 111 Å². The van der Waals surface area contributed by atoms with Gasteiger partial charge in [0.1, 0.15) is 0 Å². The van der Waals surface area contributed by atoms with Crippen molar-refractivity contribution in [3.8, 4) is 0 Å². The van der Waals surface area contributed by atoms with Crippen molar-refractivity contribution in [2.24, 2.45) is 11.8 Å². The van der Waals surface area contributed by atoms with Crippen LogP contribution in [0.1, 0.15) is 45.1 Å². The van der Waals surface area contributed by atoms with Crippen molar-refractivity contribution in [2.45, 2.75) is 58.5 Å². The first-order chi connectivity index (χ1) is 8.76. The summed E-state index contributed by atoms with van der Waals surface area (Å²) in [5.74, 6) is 1.81. The molecule has 1 N–H and O–H groups in total. The molecule has 0 radical (unpaired) electrons. The molecule has 0 spiro atoms. The Morgan fingerprint density at radius 1 is 1.44 bits per heavy atom. The minimum absolute atomic E-state index is 0.621. The molecular formula is C15H27N3. The Morgan fingerprint density at radius 2 is 2.28 bits per heavy atom. The van der Waals surface area contributed by atoms with Gasteiger partial charge in [-0.05, 0) is 50.6 Å². The van der Waals surface area contributed by atoms with Crippen LogP contribution >= 0.6 is 0 Å². The van der Waals surface area contributed by atoms with E-state index in [9.17, 15) is 0 Å². The van der Waals surface area contributed by atoms with Crippen LogP contribution in [0, 0.1) is 11.8 Å². The molecule has 1 fully saturated rings. The zero-order chi connectivity index (χ0) is 13.0. The second kappa shape index (κ2) is 6.37. The minimum Gasteiger partial charge on any atom is -0.316 e. The molecule has 3 unspecified atom stereocenters. The van der Waals surface area contributed by atoms with Crippen molar-refractivity contribution < 1.29 is 0 Å². The van der Waals surface area contributed by atoms with Crippen molar-refractivity contribution in [3.63, 3.8) is 0 Å². The van der Waals surface area contributed by atoms with Crippen molar-refractivity contribution in [2.75, 3.05) is 7.05 Å². The largest absolute Gasteiger partial charge is 0.316 e. The molecule has 1 heterocycles. The third-order valence-electron chi connectivity index (χ3n) is 4.57. The van der Waals surface area contributed by atoms with Gasteiger partial charge in [-0.3, -0.25) is 4.68 Å². The van der Waals surface area contributed by atoms with E-state index < -0.39 is 0 Å². The number of aryl methyl sites for hydroxylation is 1. The van der Waals surface area contributed by atoms with Crippen molar-refractivity contribution in [1.29, 1.82) is 0 Å². The molecule has 18 heavy (non-hydrogen) atoms. The smallest absolute Gasteiger partial charge is 0.0522 e. The maximum atomic E-state index is 4.37. The van der Waals surface area contributed by atoms with Gasteiger partial charge in [0.15, 0.2) is 0 Å². The van der Waals surface area contributed by atoms with E-state index in [0.29, 0.717) is 6.04 Å². The molecule has 0 amide bonds. The van der Waals surface area contributed by atoms with Gasteiger partial charge >= 0.3 is 0 Å². The predicted molar refractivity (Wildman–Crippen MR) is 75.6 cm³/mol. The van der Waals surface area contributed by atoms with E-state index in [2.05, 4.69) is 37.5 Å². The number of nitrogens with zero attached hydrogens (tertiary/aromatic N) is 2. The summed E-state index contributed by atoms with van der Waals surface area (Å²) in [6.07, 6.45) is 10.9. The molecule has 3 nitrogen and oxygen atoms in total. The molecule has 102 valence electrons. The van der Waals surface area contributed by atoms with Crippen molar-refractivity contribution >= 4 is 0 Å². The highest BCUT2D eigenvalue weighted by atomic mass is 15.3. The number of nitrogens with one attached hydrogen (secondary N) is 1. The van der Waals surface area contributed by atoms with Gasteiger partial charge in [-0.1, -0.05) is 19.8 Å². The third-order valence-corrected chi connectivity index (χ3v) is 4.57. The molecule has 3 heteroatoms. The monoisotopic (exact) mass is 249 g/mol. The first-order valence-corrected chi connectivity index (χ1v) is 7.45. The van der Waals surface area contributed by atoms with E-state index >= 15 is 0 Å². The van der Waals surface area contributed by atoms with Gasteiger partial charge in [-0.15, -0.1) is 0 Å². The Bertz CT molecular complexity index is 358. The average Bonchev–Trinajstić information content (AvgIpc) is 3.04. The maximum Gasteiger partial charge on any atom is 0.0522 e. The molecule has 0 bridgehead atoms. The summed E-state index contributed by atoms with van der Waals surface area (Å²) in [4.78, 5) is 0. The van der Waals surface area contributed by atoms with Crippen LogP contribution in [0.4, 0.5) is 0 Å². The average molecular weight is 249 g/mol. The summed E-state index contributed by atoms with van der Waals surface area (Å²) in [6, 6.07) is 0.621. The summed E-state index contributed by atoms with van der Waals surface area (Å²) in [5, 5.41) is 7.90. The predicted octanol–water partition coefficient (Wildman–Crippen LogP) is 2.86. The third kappa shape index (κ3) is 3.14. The summed E-state index contributed by atoms with van der Waals surface area (Å²) in [7, 11) is 2.11. The molecule has 2 rings (SSSR count). The zero-order valence-corrected chi connectivity index (χ0v) is 12.0. The quantitative estimate of drug-likeness (QED) is 0.840. The highest BCUT2D eigenvalue weighted by Crippen LogP contribution is 2.35. The second-order valence-electron chi connectivity index (χ2n) is 5.65. The molecule has 0 aromatic carbocycles. The van der Waals surface area contributed by atoms with Crippen molar-refractivity contribution in [3.05, 3.63) is 18.0 Å². The highest BCUT2D eigenvalue weighted by molar-refractivity contribution is 5.07. The zero-order valence-electron chi connectivity index (χ0n) is 12.0. The Balaban J connectivity index is 1.93. The minimum atomic E-state index is 0.621. The number of hydrogen-bond donors (Lipinski definition) is 1. The summed E-state index contributed by atoms with van der Waals surface area (Å²) >= 11 is 0. The lowest BCUT2D eigenvalue weighted by molar-refractivity contribution is 0.361. The van der Waals surface area contributed by atoms with Crippen molar-refractivity contribution in [1.82, 2.24) is 15.1 Å². The van der Waals surface area contributed by atoms with Gasteiger partial charge in [0, 0.05) is 18.8 Å². The fourth-order valence-corrected chi connectivity index (χ4v) is 3.29. The number of rotatable bonds is 6. The first-order valence-electron chi connectivity index (χ1n) is 7.45. The van der Waals surface area contributed by atoms with Gasteiger partial charge in [-0.2, -0.15) is 5.10 Å². The van der Waals surface area contributed by atoms with Crippen LogP contribution in [0.5, 0.6) is 0 Å². The van der Waals surface area contributed by atoms with Gasteiger partial charge in [0.25, 0.3) is 0 Å². The lowest BCUT2D eigenvalue weighted by Crippen LogP contribution is -2.34.